The third-order valence-electron chi connectivity index (χ3n) is 4.07. The molecular formula is C20H21NO. The van der Waals surface area contributed by atoms with Crippen molar-refractivity contribution in [2.24, 2.45) is 0 Å². The van der Waals surface area contributed by atoms with Gasteiger partial charge in [-0.1, -0.05) is 56.2 Å². The molecule has 0 aliphatic rings. The van der Waals surface area contributed by atoms with Gasteiger partial charge in [0.15, 0.2) is 5.43 Å². The van der Waals surface area contributed by atoms with Gasteiger partial charge in [0.05, 0.1) is 0 Å². The number of hydrogen-bond donors (Lipinski definition) is 1. The van der Waals surface area contributed by atoms with Crippen LogP contribution in [-0.4, -0.2) is 4.98 Å². The Balaban J connectivity index is 1.89. The first-order valence-corrected chi connectivity index (χ1v) is 7.99. The molecule has 0 amide bonds. The summed E-state index contributed by atoms with van der Waals surface area (Å²) in [7, 11) is 0. The second kappa shape index (κ2) is 6.61. The summed E-state index contributed by atoms with van der Waals surface area (Å²) in [6.07, 6.45) is 4.89. The van der Waals surface area contributed by atoms with Crippen molar-refractivity contribution < 1.29 is 0 Å². The van der Waals surface area contributed by atoms with Crippen LogP contribution in [0.1, 0.15) is 31.7 Å². The van der Waals surface area contributed by atoms with Gasteiger partial charge in [0.2, 0.25) is 0 Å². The van der Waals surface area contributed by atoms with E-state index in [2.05, 4.69) is 36.2 Å². The molecule has 22 heavy (non-hydrogen) atoms. The predicted octanol–water partition coefficient (Wildman–Crippen LogP) is 4.93. The van der Waals surface area contributed by atoms with Crippen LogP contribution in [0.2, 0.25) is 0 Å². The summed E-state index contributed by atoms with van der Waals surface area (Å²) < 4.78 is 0. The summed E-state index contributed by atoms with van der Waals surface area (Å²) in [6.45, 7) is 2.22. The van der Waals surface area contributed by atoms with Crippen LogP contribution >= 0.6 is 0 Å². The van der Waals surface area contributed by atoms with Gasteiger partial charge in [-0.3, -0.25) is 4.79 Å². The highest BCUT2D eigenvalue weighted by atomic mass is 16.1. The highest BCUT2D eigenvalue weighted by Crippen LogP contribution is 2.19. The van der Waals surface area contributed by atoms with Crippen molar-refractivity contribution in [1.82, 2.24) is 4.98 Å². The molecule has 3 aromatic rings. The quantitative estimate of drug-likeness (QED) is 0.664. The summed E-state index contributed by atoms with van der Waals surface area (Å²) in [5.41, 5.74) is 4.25. The molecule has 0 unspecified atom stereocenters. The third kappa shape index (κ3) is 3.11. The number of pyridine rings is 1. The largest absolute Gasteiger partial charge is 0.354 e. The Morgan fingerprint density at radius 1 is 0.955 bits per heavy atom. The molecule has 112 valence electrons. The predicted molar refractivity (Wildman–Crippen MR) is 93.2 cm³/mol. The minimum atomic E-state index is 0.0661. The molecule has 1 aromatic heterocycles. The van der Waals surface area contributed by atoms with Crippen molar-refractivity contribution in [2.75, 3.05) is 0 Å². The average Bonchev–Trinajstić information content (AvgIpc) is 2.56. The van der Waals surface area contributed by atoms with E-state index in [9.17, 15) is 4.79 Å². The lowest BCUT2D eigenvalue weighted by atomic mass is 10.0. The molecule has 0 saturated heterocycles. The summed E-state index contributed by atoms with van der Waals surface area (Å²) in [4.78, 5) is 15.5. The van der Waals surface area contributed by atoms with Gasteiger partial charge in [-0.25, -0.2) is 0 Å². The average molecular weight is 291 g/mol. The second-order valence-corrected chi connectivity index (χ2v) is 5.75. The molecular weight excluding hydrogens is 270 g/mol. The first-order valence-electron chi connectivity index (χ1n) is 7.99. The van der Waals surface area contributed by atoms with Crippen LogP contribution in [0.5, 0.6) is 0 Å². The standard InChI is InChI=1S/C20H21NO/c1-2-3-4-7-15-10-12-16(13-11-15)19-14-20(22)17-8-5-6-9-18(17)21-19/h5-6,8-14H,2-4,7H2,1H3,(H,21,22). The number of unbranched alkanes of at least 4 members (excludes halogenated alkanes) is 2. The molecule has 0 radical (unpaired) electrons. The van der Waals surface area contributed by atoms with Gasteiger partial charge in [-0.2, -0.15) is 0 Å². The zero-order valence-electron chi connectivity index (χ0n) is 12.9. The molecule has 0 aliphatic carbocycles. The van der Waals surface area contributed by atoms with Gasteiger partial charge in [0.25, 0.3) is 0 Å². The number of hydrogen-bond acceptors (Lipinski definition) is 1. The Morgan fingerprint density at radius 3 is 2.50 bits per heavy atom. The lowest BCUT2D eigenvalue weighted by Gasteiger charge is -2.06. The van der Waals surface area contributed by atoms with Crippen LogP contribution in [-0.2, 0) is 6.42 Å². The van der Waals surface area contributed by atoms with E-state index in [0.29, 0.717) is 0 Å². The van der Waals surface area contributed by atoms with E-state index in [4.69, 9.17) is 0 Å². The van der Waals surface area contributed by atoms with E-state index in [1.807, 2.05) is 24.3 Å². The topological polar surface area (TPSA) is 32.9 Å². The second-order valence-electron chi connectivity index (χ2n) is 5.75. The van der Waals surface area contributed by atoms with Crippen molar-refractivity contribution in [2.45, 2.75) is 32.6 Å². The number of nitrogens with one attached hydrogen (secondary N) is 1. The number of benzene rings is 2. The number of para-hydroxylation sites is 1. The molecule has 0 aliphatic heterocycles. The van der Waals surface area contributed by atoms with Crippen LogP contribution in [0, 0.1) is 0 Å². The first-order chi connectivity index (χ1) is 10.8. The first kappa shape index (κ1) is 14.6. The van der Waals surface area contributed by atoms with Gasteiger partial charge < -0.3 is 4.98 Å². The van der Waals surface area contributed by atoms with Gasteiger partial charge in [0.1, 0.15) is 0 Å². The zero-order chi connectivity index (χ0) is 15.4. The van der Waals surface area contributed by atoms with E-state index in [1.165, 1.54) is 24.8 Å². The lowest BCUT2D eigenvalue weighted by Crippen LogP contribution is -2.02. The van der Waals surface area contributed by atoms with E-state index in [0.717, 1.165) is 28.6 Å². The summed E-state index contributed by atoms with van der Waals surface area (Å²) in [5, 5.41) is 0.738. The zero-order valence-corrected chi connectivity index (χ0v) is 12.9. The van der Waals surface area contributed by atoms with Crippen LogP contribution in [0.25, 0.3) is 22.2 Å². The maximum Gasteiger partial charge on any atom is 0.190 e. The van der Waals surface area contributed by atoms with Crippen LogP contribution in [0.3, 0.4) is 0 Å². The van der Waals surface area contributed by atoms with Crippen molar-refractivity contribution in [3.05, 3.63) is 70.4 Å². The fraction of sp³-hybridized carbons (Fsp3) is 0.250. The molecule has 0 saturated carbocycles. The normalized spacial score (nSPS) is 11.0. The number of fused-ring (bicyclic) bond motifs is 1. The summed E-state index contributed by atoms with van der Waals surface area (Å²) >= 11 is 0. The minimum Gasteiger partial charge on any atom is -0.354 e. The van der Waals surface area contributed by atoms with E-state index < -0.39 is 0 Å². The SMILES string of the molecule is CCCCCc1ccc(-c2cc(=O)c3ccccc3[nH]2)cc1. The number of aromatic nitrogens is 1. The molecule has 0 atom stereocenters. The van der Waals surface area contributed by atoms with Crippen molar-refractivity contribution in [3.8, 4) is 11.3 Å². The van der Waals surface area contributed by atoms with Crippen LogP contribution < -0.4 is 5.43 Å². The fourth-order valence-electron chi connectivity index (χ4n) is 2.78. The minimum absolute atomic E-state index is 0.0661. The monoisotopic (exact) mass is 291 g/mol. The Morgan fingerprint density at radius 2 is 1.73 bits per heavy atom. The molecule has 1 heterocycles. The van der Waals surface area contributed by atoms with E-state index in [1.54, 1.807) is 6.07 Å². The molecule has 1 N–H and O–H groups in total. The van der Waals surface area contributed by atoms with Gasteiger partial charge in [-0.15, -0.1) is 0 Å². The van der Waals surface area contributed by atoms with E-state index >= 15 is 0 Å². The third-order valence-corrected chi connectivity index (χ3v) is 4.07. The van der Waals surface area contributed by atoms with Crippen molar-refractivity contribution in [3.63, 3.8) is 0 Å². The molecule has 3 rings (SSSR count). The van der Waals surface area contributed by atoms with Crippen LogP contribution in [0.4, 0.5) is 0 Å². The Labute approximate surface area is 130 Å². The molecule has 0 spiro atoms. The number of rotatable bonds is 5. The van der Waals surface area contributed by atoms with Crippen LogP contribution in [0.15, 0.2) is 59.4 Å². The summed E-state index contributed by atoms with van der Waals surface area (Å²) in [6, 6.07) is 17.9. The molecule has 0 bridgehead atoms. The Hall–Kier alpha value is -2.35. The van der Waals surface area contributed by atoms with Crippen molar-refractivity contribution >= 4 is 10.9 Å². The lowest BCUT2D eigenvalue weighted by molar-refractivity contribution is 0.717. The Kier molecular flexibility index (Phi) is 4.38. The highest BCUT2D eigenvalue weighted by molar-refractivity contribution is 5.81. The smallest absolute Gasteiger partial charge is 0.190 e. The molecule has 0 fully saturated rings. The van der Waals surface area contributed by atoms with Gasteiger partial charge in [-0.05, 0) is 36.1 Å². The van der Waals surface area contributed by atoms with Gasteiger partial charge >= 0.3 is 0 Å². The molecule has 2 heteroatoms. The highest BCUT2D eigenvalue weighted by Gasteiger charge is 2.04. The number of aryl methyl sites for hydroxylation is 1. The van der Waals surface area contributed by atoms with Crippen molar-refractivity contribution in [1.29, 1.82) is 0 Å². The number of aromatic amines is 1. The maximum absolute atomic E-state index is 12.2. The molecule has 2 aromatic carbocycles. The maximum atomic E-state index is 12.2. The molecule has 2 nitrogen and oxygen atoms in total. The number of H-pyrrole nitrogens is 1. The summed E-state index contributed by atoms with van der Waals surface area (Å²) in [5.74, 6) is 0. The Bertz CT molecular complexity index is 815. The fourth-order valence-corrected chi connectivity index (χ4v) is 2.78. The van der Waals surface area contributed by atoms with E-state index in [-0.39, 0.29) is 5.43 Å². The van der Waals surface area contributed by atoms with Gasteiger partial charge in [0, 0.05) is 22.7 Å².